The molecular weight excluding hydrogens is 444 g/mol. The molecule has 0 fully saturated rings. The number of hydrogen-bond acceptors (Lipinski definition) is 8. The predicted octanol–water partition coefficient (Wildman–Crippen LogP) is 2.43. The number of Topliss-reactive ketones (excluding diaryl/α,β-unsaturated/α-hetero) is 1. The van der Waals surface area contributed by atoms with E-state index in [0.29, 0.717) is 0 Å². The van der Waals surface area contributed by atoms with Crippen LogP contribution in [0.25, 0.3) is 21.7 Å². The van der Waals surface area contributed by atoms with Gasteiger partial charge in [-0.3, -0.25) is 14.4 Å². The third kappa shape index (κ3) is 3.98. The average Bonchev–Trinajstić information content (AvgIpc) is 2.74. The highest BCUT2D eigenvalue weighted by molar-refractivity contribution is 6.15. The maximum Gasteiger partial charge on any atom is 0.307 e. The fourth-order valence-corrected chi connectivity index (χ4v) is 4.36. The molecule has 0 aliphatic heterocycles. The van der Waals surface area contributed by atoms with Crippen LogP contribution in [-0.2, 0) is 16.8 Å². The summed E-state index contributed by atoms with van der Waals surface area (Å²) in [5.41, 5.74) is -2.40. The van der Waals surface area contributed by atoms with E-state index < -0.39 is 41.4 Å². The van der Waals surface area contributed by atoms with Crippen molar-refractivity contribution in [1.29, 1.82) is 0 Å². The first kappa shape index (κ1) is 23.6. The van der Waals surface area contributed by atoms with Crippen molar-refractivity contribution in [3.63, 3.8) is 0 Å². The molecule has 34 heavy (non-hydrogen) atoms. The van der Waals surface area contributed by atoms with Crippen LogP contribution >= 0.6 is 0 Å². The van der Waals surface area contributed by atoms with Gasteiger partial charge in [-0.1, -0.05) is 6.08 Å². The molecule has 0 saturated heterocycles. The van der Waals surface area contributed by atoms with Crippen molar-refractivity contribution in [2.45, 2.75) is 50.9 Å². The number of fused-ring (bicyclic) bond motifs is 4. The average molecular weight is 468 g/mol. The van der Waals surface area contributed by atoms with Crippen molar-refractivity contribution >= 4 is 33.5 Å². The highest BCUT2D eigenvalue weighted by atomic mass is 16.4. The van der Waals surface area contributed by atoms with Gasteiger partial charge in [0.1, 0.15) is 22.7 Å². The van der Waals surface area contributed by atoms with Crippen molar-refractivity contribution in [3.8, 4) is 5.75 Å². The molecule has 0 spiro atoms. The number of phenols is 1. The third-order valence-electron chi connectivity index (χ3n) is 6.01. The minimum Gasteiger partial charge on any atom is -0.506 e. The quantitative estimate of drug-likeness (QED) is 0.279. The summed E-state index contributed by atoms with van der Waals surface area (Å²) in [6, 6.07) is 3.92. The lowest BCUT2D eigenvalue weighted by molar-refractivity contribution is -0.136. The van der Waals surface area contributed by atoms with E-state index in [-0.39, 0.29) is 62.8 Å². The highest BCUT2D eigenvalue weighted by Gasteiger charge is 2.31. The second kappa shape index (κ2) is 8.35. The standard InChI is InChI=1S/C25H24O9/c1-11(26)5-6-25(2,33)18-10-17(29)20-13(9-19(30)31)7-12-8-14-15(27)3-4-16(28)22(14)23(32)21(12)24(20)34-18/h5-8,10-11,15,26-27,32-33H,3-4,9H2,1-2H3,(H,30,31)/t11-,15+,25+/m1/s1. The van der Waals surface area contributed by atoms with Gasteiger partial charge in [0.05, 0.1) is 35.0 Å². The highest BCUT2D eigenvalue weighted by Crippen LogP contribution is 2.43. The molecule has 3 atom stereocenters. The lowest BCUT2D eigenvalue weighted by Crippen LogP contribution is -2.21. The van der Waals surface area contributed by atoms with Crippen molar-refractivity contribution in [1.82, 2.24) is 0 Å². The van der Waals surface area contributed by atoms with Crippen LogP contribution in [-0.4, -0.2) is 43.4 Å². The molecule has 4 rings (SSSR count). The van der Waals surface area contributed by atoms with Gasteiger partial charge in [0, 0.05) is 12.5 Å². The number of carbonyl (C=O) groups excluding carboxylic acids is 1. The Balaban J connectivity index is 2.15. The van der Waals surface area contributed by atoms with E-state index in [1.807, 2.05) is 0 Å². The van der Waals surface area contributed by atoms with Gasteiger partial charge < -0.3 is 29.9 Å². The first-order valence-electron chi connectivity index (χ1n) is 10.7. The monoisotopic (exact) mass is 468 g/mol. The zero-order chi connectivity index (χ0) is 24.9. The van der Waals surface area contributed by atoms with Gasteiger partial charge in [0.15, 0.2) is 11.2 Å². The Morgan fingerprint density at radius 2 is 1.97 bits per heavy atom. The molecule has 9 heteroatoms. The van der Waals surface area contributed by atoms with E-state index in [0.717, 1.165) is 6.07 Å². The second-order valence-corrected chi connectivity index (χ2v) is 8.80. The molecular formula is C25H24O9. The Labute approximate surface area is 193 Å². The van der Waals surface area contributed by atoms with Crippen LogP contribution in [0.15, 0.2) is 39.6 Å². The van der Waals surface area contributed by atoms with Crippen LogP contribution < -0.4 is 5.43 Å². The molecule has 2 aromatic carbocycles. The molecule has 1 aromatic heterocycles. The maximum absolute atomic E-state index is 13.1. The normalized spacial score (nSPS) is 18.9. The summed E-state index contributed by atoms with van der Waals surface area (Å²) in [6.45, 7) is 2.81. The number of aliphatic carboxylic acids is 1. The molecule has 3 aromatic rings. The number of rotatable bonds is 5. The Morgan fingerprint density at radius 1 is 1.26 bits per heavy atom. The number of aromatic hydroxyl groups is 1. The van der Waals surface area contributed by atoms with Gasteiger partial charge in [0.25, 0.3) is 0 Å². The number of hydrogen-bond donors (Lipinski definition) is 5. The number of phenolic OH excluding ortho intramolecular Hbond substituents is 1. The van der Waals surface area contributed by atoms with Gasteiger partial charge >= 0.3 is 5.97 Å². The topological polar surface area (TPSA) is 165 Å². The Kier molecular flexibility index (Phi) is 5.80. The number of aliphatic hydroxyl groups is 3. The van der Waals surface area contributed by atoms with Crippen molar-refractivity contribution in [2.24, 2.45) is 0 Å². The SMILES string of the molecule is C[C@@H](O)C=C[C@](C)(O)c1cc(=O)c2c(CC(=O)O)cc3cc4c(c(O)c3c2o1)C(=O)CC[C@@H]4O. The first-order chi connectivity index (χ1) is 15.9. The zero-order valence-electron chi connectivity index (χ0n) is 18.5. The summed E-state index contributed by atoms with van der Waals surface area (Å²) < 4.78 is 5.90. The van der Waals surface area contributed by atoms with Crippen molar-refractivity contribution in [3.05, 3.63) is 63.0 Å². The van der Waals surface area contributed by atoms with Gasteiger partial charge in [-0.2, -0.15) is 0 Å². The minimum atomic E-state index is -1.82. The molecule has 5 N–H and O–H groups in total. The van der Waals surface area contributed by atoms with Crippen LogP contribution in [0.3, 0.4) is 0 Å². The second-order valence-electron chi connectivity index (χ2n) is 8.80. The summed E-state index contributed by atoms with van der Waals surface area (Å²) in [6.07, 6.45) is 0.360. The summed E-state index contributed by atoms with van der Waals surface area (Å²) in [5, 5.41) is 51.4. The molecule has 0 bridgehead atoms. The van der Waals surface area contributed by atoms with E-state index in [2.05, 4.69) is 0 Å². The molecule has 0 saturated carbocycles. The molecule has 1 heterocycles. The van der Waals surface area contributed by atoms with Crippen LogP contribution in [0.2, 0.25) is 0 Å². The van der Waals surface area contributed by atoms with E-state index in [9.17, 15) is 39.9 Å². The molecule has 0 amide bonds. The fraction of sp³-hybridized carbons (Fsp3) is 0.320. The summed E-state index contributed by atoms with van der Waals surface area (Å²) >= 11 is 0. The summed E-state index contributed by atoms with van der Waals surface area (Å²) in [5.74, 6) is -2.28. The molecule has 0 unspecified atom stereocenters. The van der Waals surface area contributed by atoms with Crippen LogP contribution in [0.4, 0.5) is 0 Å². The number of ketones is 1. The van der Waals surface area contributed by atoms with Gasteiger partial charge in [0.2, 0.25) is 0 Å². The van der Waals surface area contributed by atoms with Gasteiger partial charge in [-0.15, -0.1) is 0 Å². The van der Waals surface area contributed by atoms with Gasteiger partial charge in [-0.25, -0.2) is 0 Å². The first-order valence-corrected chi connectivity index (χ1v) is 10.7. The van der Waals surface area contributed by atoms with Crippen LogP contribution in [0.5, 0.6) is 5.75 Å². The Morgan fingerprint density at radius 3 is 2.62 bits per heavy atom. The molecule has 1 aliphatic carbocycles. The van der Waals surface area contributed by atoms with E-state index >= 15 is 0 Å². The lowest BCUT2D eigenvalue weighted by Gasteiger charge is -2.23. The third-order valence-corrected chi connectivity index (χ3v) is 6.01. The summed E-state index contributed by atoms with van der Waals surface area (Å²) in [4.78, 5) is 37.2. The van der Waals surface area contributed by atoms with E-state index in [1.165, 1.54) is 38.1 Å². The maximum atomic E-state index is 13.1. The number of carbonyl (C=O) groups is 2. The molecule has 0 radical (unpaired) electrons. The minimum absolute atomic E-state index is 0.000375. The summed E-state index contributed by atoms with van der Waals surface area (Å²) in [7, 11) is 0. The number of benzene rings is 2. The van der Waals surface area contributed by atoms with E-state index in [4.69, 9.17) is 4.42 Å². The Hall–Kier alpha value is -3.53. The molecule has 1 aliphatic rings. The largest absolute Gasteiger partial charge is 0.506 e. The van der Waals surface area contributed by atoms with E-state index in [1.54, 1.807) is 0 Å². The Bertz CT molecular complexity index is 1430. The van der Waals surface area contributed by atoms with Crippen molar-refractivity contribution in [2.75, 3.05) is 0 Å². The molecule has 9 nitrogen and oxygen atoms in total. The fourth-order valence-electron chi connectivity index (χ4n) is 4.36. The van der Waals surface area contributed by atoms with Crippen LogP contribution in [0.1, 0.15) is 60.0 Å². The zero-order valence-corrected chi connectivity index (χ0v) is 18.5. The predicted molar refractivity (Wildman–Crippen MR) is 122 cm³/mol. The van der Waals surface area contributed by atoms with Crippen molar-refractivity contribution < 1.29 is 39.5 Å². The number of carboxylic acids is 1. The number of carboxylic acid groups (broad SMARTS) is 1. The lowest BCUT2D eigenvalue weighted by atomic mass is 9.84. The number of aliphatic hydroxyl groups excluding tert-OH is 2. The smallest absolute Gasteiger partial charge is 0.307 e. The van der Waals surface area contributed by atoms with Crippen LogP contribution in [0, 0.1) is 0 Å². The molecule has 178 valence electrons. The van der Waals surface area contributed by atoms with Gasteiger partial charge in [-0.05, 0) is 55.0 Å².